The normalized spacial score (nSPS) is 10.5. The topological polar surface area (TPSA) is 52.3 Å². The van der Waals surface area contributed by atoms with E-state index in [0.29, 0.717) is 17.0 Å². The number of anilines is 1. The van der Waals surface area contributed by atoms with E-state index in [1.54, 1.807) is 19.2 Å². The van der Waals surface area contributed by atoms with Crippen LogP contribution in [0.2, 0.25) is 0 Å². The van der Waals surface area contributed by atoms with Gasteiger partial charge in [0.25, 0.3) is 0 Å². The molecule has 1 rings (SSSR count). The molecule has 3 heteroatoms. The van der Waals surface area contributed by atoms with Crippen LogP contribution < -0.4 is 10.5 Å². The molecule has 1 aromatic carbocycles. The molecule has 0 saturated carbocycles. The van der Waals surface area contributed by atoms with Gasteiger partial charge in [0.15, 0.2) is 5.78 Å². The number of nitrogen functional groups attached to an aromatic ring is 1. The molecular formula is C12H17NO2. The van der Waals surface area contributed by atoms with Gasteiger partial charge in [0.1, 0.15) is 5.75 Å². The summed E-state index contributed by atoms with van der Waals surface area (Å²) in [7, 11) is 1.59. The summed E-state index contributed by atoms with van der Waals surface area (Å²) in [5.41, 5.74) is 7.82. The van der Waals surface area contributed by atoms with Crippen LogP contribution in [0.4, 0.5) is 5.69 Å². The van der Waals surface area contributed by atoms with E-state index in [2.05, 4.69) is 0 Å². The molecular weight excluding hydrogens is 190 g/mol. The van der Waals surface area contributed by atoms with E-state index in [1.807, 2.05) is 20.8 Å². The Morgan fingerprint density at radius 3 is 2.47 bits per heavy atom. The zero-order chi connectivity index (χ0) is 11.6. The van der Waals surface area contributed by atoms with Crippen molar-refractivity contribution in [2.24, 2.45) is 5.92 Å². The minimum Gasteiger partial charge on any atom is -0.496 e. The minimum absolute atomic E-state index is 0.0470. The quantitative estimate of drug-likeness (QED) is 0.611. The monoisotopic (exact) mass is 207 g/mol. The molecule has 0 fully saturated rings. The summed E-state index contributed by atoms with van der Waals surface area (Å²) in [6, 6.07) is 3.49. The van der Waals surface area contributed by atoms with E-state index in [0.717, 1.165) is 5.56 Å². The van der Waals surface area contributed by atoms with E-state index in [9.17, 15) is 4.79 Å². The SMILES string of the molecule is COc1cc(C(=O)C(C)C)c(N)cc1C. The number of ether oxygens (including phenoxy) is 1. The van der Waals surface area contributed by atoms with E-state index in [-0.39, 0.29) is 11.7 Å². The predicted molar refractivity (Wildman–Crippen MR) is 61.3 cm³/mol. The first-order valence-electron chi connectivity index (χ1n) is 4.95. The van der Waals surface area contributed by atoms with Crippen LogP contribution >= 0.6 is 0 Å². The van der Waals surface area contributed by atoms with Crippen LogP contribution in [0.3, 0.4) is 0 Å². The van der Waals surface area contributed by atoms with Gasteiger partial charge in [0.05, 0.1) is 7.11 Å². The number of hydrogen-bond donors (Lipinski definition) is 1. The van der Waals surface area contributed by atoms with Crippen molar-refractivity contribution in [2.45, 2.75) is 20.8 Å². The van der Waals surface area contributed by atoms with E-state index < -0.39 is 0 Å². The molecule has 0 aliphatic carbocycles. The number of aryl methyl sites for hydroxylation is 1. The summed E-state index contributed by atoms with van der Waals surface area (Å²) in [6.45, 7) is 5.61. The number of rotatable bonds is 3. The third-order valence-corrected chi connectivity index (χ3v) is 2.36. The number of ketones is 1. The van der Waals surface area contributed by atoms with Crippen molar-refractivity contribution in [2.75, 3.05) is 12.8 Å². The van der Waals surface area contributed by atoms with Crippen molar-refractivity contribution in [3.8, 4) is 5.75 Å². The van der Waals surface area contributed by atoms with Gasteiger partial charge in [-0.05, 0) is 24.6 Å². The molecule has 2 N–H and O–H groups in total. The Morgan fingerprint density at radius 2 is 2.00 bits per heavy atom. The summed E-state index contributed by atoms with van der Waals surface area (Å²) in [5.74, 6) is 0.693. The van der Waals surface area contributed by atoms with Gasteiger partial charge in [-0.1, -0.05) is 13.8 Å². The highest BCUT2D eigenvalue weighted by molar-refractivity contribution is 6.02. The van der Waals surface area contributed by atoms with Crippen molar-refractivity contribution in [3.05, 3.63) is 23.3 Å². The molecule has 0 unspecified atom stereocenters. The highest BCUT2D eigenvalue weighted by Crippen LogP contribution is 2.26. The Bertz CT molecular complexity index is 383. The van der Waals surface area contributed by atoms with Gasteiger partial charge >= 0.3 is 0 Å². The van der Waals surface area contributed by atoms with Gasteiger partial charge in [-0.2, -0.15) is 0 Å². The molecule has 0 amide bonds. The second-order valence-electron chi connectivity index (χ2n) is 3.93. The zero-order valence-electron chi connectivity index (χ0n) is 9.63. The smallest absolute Gasteiger partial charge is 0.167 e. The van der Waals surface area contributed by atoms with Gasteiger partial charge in [-0.25, -0.2) is 0 Å². The van der Waals surface area contributed by atoms with Crippen molar-refractivity contribution >= 4 is 11.5 Å². The molecule has 0 saturated heterocycles. The number of carbonyl (C=O) groups is 1. The summed E-state index contributed by atoms with van der Waals surface area (Å²) in [6.07, 6.45) is 0. The Morgan fingerprint density at radius 1 is 1.40 bits per heavy atom. The van der Waals surface area contributed by atoms with Crippen molar-refractivity contribution in [1.29, 1.82) is 0 Å². The van der Waals surface area contributed by atoms with E-state index in [1.165, 1.54) is 0 Å². The third kappa shape index (κ3) is 2.29. The fourth-order valence-corrected chi connectivity index (χ4v) is 1.45. The van der Waals surface area contributed by atoms with Gasteiger partial charge < -0.3 is 10.5 Å². The Kier molecular flexibility index (Phi) is 3.35. The zero-order valence-corrected chi connectivity index (χ0v) is 9.63. The maximum Gasteiger partial charge on any atom is 0.167 e. The lowest BCUT2D eigenvalue weighted by Gasteiger charge is -2.11. The molecule has 0 aromatic heterocycles. The molecule has 0 aliphatic heterocycles. The van der Waals surface area contributed by atoms with Crippen molar-refractivity contribution in [1.82, 2.24) is 0 Å². The molecule has 0 radical (unpaired) electrons. The average molecular weight is 207 g/mol. The number of carbonyl (C=O) groups excluding carboxylic acids is 1. The van der Waals surface area contributed by atoms with Crippen LogP contribution in [-0.4, -0.2) is 12.9 Å². The van der Waals surface area contributed by atoms with Crippen LogP contribution in [0.15, 0.2) is 12.1 Å². The molecule has 0 heterocycles. The molecule has 15 heavy (non-hydrogen) atoms. The van der Waals surface area contributed by atoms with Gasteiger partial charge in [-0.15, -0.1) is 0 Å². The fraction of sp³-hybridized carbons (Fsp3) is 0.417. The first kappa shape index (κ1) is 11.6. The summed E-state index contributed by atoms with van der Waals surface area (Å²) < 4.78 is 5.16. The fourth-order valence-electron chi connectivity index (χ4n) is 1.45. The molecule has 0 aliphatic rings. The second kappa shape index (κ2) is 4.34. The lowest BCUT2D eigenvalue weighted by molar-refractivity contribution is 0.0940. The number of hydrogen-bond acceptors (Lipinski definition) is 3. The number of Topliss-reactive ketones (excluding diaryl/α,β-unsaturated/α-hetero) is 1. The number of methoxy groups -OCH3 is 1. The lowest BCUT2D eigenvalue weighted by Crippen LogP contribution is -2.11. The second-order valence-corrected chi connectivity index (χ2v) is 3.93. The molecule has 0 atom stereocenters. The van der Waals surface area contributed by atoms with Crippen molar-refractivity contribution in [3.63, 3.8) is 0 Å². The van der Waals surface area contributed by atoms with E-state index >= 15 is 0 Å². The Hall–Kier alpha value is -1.51. The van der Waals surface area contributed by atoms with Gasteiger partial charge in [0, 0.05) is 17.2 Å². The summed E-state index contributed by atoms with van der Waals surface area (Å²) in [4.78, 5) is 11.8. The maximum absolute atomic E-state index is 11.8. The molecule has 1 aromatic rings. The van der Waals surface area contributed by atoms with Crippen molar-refractivity contribution < 1.29 is 9.53 Å². The van der Waals surface area contributed by atoms with Crippen LogP contribution in [0, 0.1) is 12.8 Å². The molecule has 0 spiro atoms. The summed E-state index contributed by atoms with van der Waals surface area (Å²) >= 11 is 0. The first-order valence-corrected chi connectivity index (χ1v) is 4.95. The third-order valence-electron chi connectivity index (χ3n) is 2.36. The average Bonchev–Trinajstić information content (AvgIpc) is 2.17. The molecule has 3 nitrogen and oxygen atoms in total. The van der Waals surface area contributed by atoms with Gasteiger partial charge in [-0.3, -0.25) is 4.79 Å². The first-order chi connectivity index (χ1) is 6.97. The molecule has 0 bridgehead atoms. The maximum atomic E-state index is 11.8. The van der Waals surface area contributed by atoms with E-state index in [4.69, 9.17) is 10.5 Å². The largest absolute Gasteiger partial charge is 0.496 e. The van der Waals surface area contributed by atoms with Gasteiger partial charge in [0.2, 0.25) is 0 Å². The Balaban J connectivity index is 3.24. The van der Waals surface area contributed by atoms with Crippen LogP contribution in [-0.2, 0) is 0 Å². The molecule has 82 valence electrons. The number of nitrogens with two attached hydrogens (primary N) is 1. The van der Waals surface area contributed by atoms with Crippen LogP contribution in [0.5, 0.6) is 5.75 Å². The minimum atomic E-state index is -0.0558. The van der Waals surface area contributed by atoms with Crippen LogP contribution in [0.25, 0.3) is 0 Å². The number of benzene rings is 1. The highest BCUT2D eigenvalue weighted by Gasteiger charge is 2.15. The Labute approximate surface area is 90.2 Å². The highest BCUT2D eigenvalue weighted by atomic mass is 16.5. The summed E-state index contributed by atoms with van der Waals surface area (Å²) in [5, 5.41) is 0. The van der Waals surface area contributed by atoms with Crippen LogP contribution in [0.1, 0.15) is 29.8 Å². The lowest BCUT2D eigenvalue weighted by atomic mass is 9.98. The predicted octanol–water partition coefficient (Wildman–Crippen LogP) is 2.42. The standard InChI is InChI=1S/C12H17NO2/c1-7(2)12(14)9-6-11(15-4)8(3)5-10(9)13/h5-7H,13H2,1-4H3.